The van der Waals surface area contributed by atoms with Gasteiger partial charge in [-0.2, -0.15) is 13.2 Å². The highest BCUT2D eigenvalue weighted by Gasteiger charge is 2.37. The smallest absolute Gasteiger partial charge is 0.373 e. The first-order chi connectivity index (χ1) is 19.3. The van der Waals surface area contributed by atoms with Crippen LogP contribution in [0.15, 0.2) is 48.7 Å². The Morgan fingerprint density at radius 3 is 2.61 bits per heavy atom. The Morgan fingerprint density at radius 2 is 1.90 bits per heavy atom. The lowest BCUT2D eigenvalue weighted by molar-refractivity contribution is -0.137. The van der Waals surface area contributed by atoms with Crippen LogP contribution in [0.1, 0.15) is 51.6 Å². The van der Waals surface area contributed by atoms with E-state index in [1.54, 1.807) is 17.9 Å². The Labute approximate surface area is 236 Å². The van der Waals surface area contributed by atoms with Crippen molar-refractivity contribution in [2.45, 2.75) is 52.8 Å². The molecule has 0 spiro atoms. The summed E-state index contributed by atoms with van der Waals surface area (Å²) in [7, 11) is 0. The van der Waals surface area contributed by atoms with Crippen molar-refractivity contribution in [3.8, 4) is 11.4 Å². The molecular formula is C30H31F3N6O2. The largest absolute Gasteiger partial charge is 0.418 e. The second-order valence-electron chi connectivity index (χ2n) is 11.2. The summed E-state index contributed by atoms with van der Waals surface area (Å²) in [6.45, 7) is 10.9. The first-order valence-electron chi connectivity index (χ1n) is 13.3. The van der Waals surface area contributed by atoms with Gasteiger partial charge in [0.2, 0.25) is 5.91 Å². The Bertz CT molecular complexity index is 1620. The van der Waals surface area contributed by atoms with Gasteiger partial charge in [0.1, 0.15) is 18.1 Å². The highest BCUT2D eigenvalue weighted by atomic mass is 19.4. The second-order valence-corrected chi connectivity index (χ2v) is 11.2. The number of aromatic nitrogens is 4. The van der Waals surface area contributed by atoms with Gasteiger partial charge in [-0.1, -0.05) is 33.8 Å². The maximum atomic E-state index is 13.7. The summed E-state index contributed by atoms with van der Waals surface area (Å²) in [6.07, 6.45) is -3.29. The Morgan fingerprint density at radius 1 is 1.12 bits per heavy atom. The average Bonchev–Trinajstić information content (AvgIpc) is 3.18. The number of carbonyl (C=O) groups excluding carboxylic acids is 1. The lowest BCUT2D eigenvalue weighted by Gasteiger charge is -2.19. The minimum absolute atomic E-state index is 0.0426. The molecule has 1 amide bonds. The monoisotopic (exact) mass is 564 g/mol. The molecule has 1 aliphatic heterocycles. The molecule has 1 aromatic carbocycles. The topological polar surface area (TPSA) is 93.1 Å². The predicted molar refractivity (Wildman–Crippen MR) is 151 cm³/mol. The molecule has 214 valence electrons. The van der Waals surface area contributed by atoms with Gasteiger partial charge < -0.3 is 15.0 Å². The molecule has 1 aliphatic rings. The third-order valence-electron chi connectivity index (χ3n) is 6.86. The molecular weight excluding hydrogens is 533 g/mol. The number of fused-ring (bicyclic) bond motifs is 2. The van der Waals surface area contributed by atoms with E-state index in [9.17, 15) is 18.0 Å². The van der Waals surface area contributed by atoms with Crippen molar-refractivity contribution in [1.29, 1.82) is 0 Å². The minimum Gasteiger partial charge on any atom is -0.373 e. The van der Waals surface area contributed by atoms with Gasteiger partial charge in [0.05, 0.1) is 16.6 Å². The molecule has 0 fully saturated rings. The van der Waals surface area contributed by atoms with E-state index in [2.05, 4.69) is 39.1 Å². The first-order valence-corrected chi connectivity index (χ1v) is 13.3. The molecule has 0 atom stereocenters. The number of benzene rings is 1. The van der Waals surface area contributed by atoms with Gasteiger partial charge in [-0.25, -0.2) is 15.0 Å². The number of hydrogen-bond donors (Lipinski definition) is 1. The zero-order chi connectivity index (χ0) is 29.5. The molecule has 11 heteroatoms. The van der Waals surface area contributed by atoms with E-state index in [-0.39, 0.29) is 35.0 Å². The molecule has 8 nitrogen and oxygen atoms in total. The number of anilines is 3. The van der Waals surface area contributed by atoms with Crippen LogP contribution < -0.4 is 10.2 Å². The molecule has 3 aromatic heterocycles. The molecule has 1 N–H and O–H groups in total. The van der Waals surface area contributed by atoms with Crippen molar-refractivity contribution in [2.75, 3.05) is 23.4 Å². The van der Waals surface area contributed by atoms with E-state index < -0.39 is 11.7 Å². The predicted octanol–water partition coefficient (Wildman–Crippen LogP) is 6.67. The number of pyridine rings is 2. The number of amides is 1. The fraction of sp³-hybridized carbons (Fsp3) is 0.367. The van der Waals surface area contributed by atoms with Crippen LogP contribution >= 0.6 is 0 Å². The van der Waals surface area contributed by atoms with Gasteiger partial charge in [-0.05, 0) is 47.9 Å². The third kappa shape index (κ3) is 5.85. The van der Waals surface area contributed by atoms with E-state index in [1.165, 1.54) is 18.3 Å². The number of hydrogen-bond acceptors (Lipinski definition) is 7. The fourth-order valence-electron chi connectivity index (χ4n) is 4.96. The molecule has 0 aliphatic carbocycles. The number of ether oxygens (including phenoxy) is 1. The van der Waals surface area contributed by atoms with Crippen molar-refractivity contribution in [1.82, 2.24) is 19.9 Å². The molecule has 0 radical (unpaired) electrons. The number of alkyl halides is 3. The standard InChI is InChI=1S/C30H31F3N6O2/c1-17(2)14-41-15-25-37-27(35-19-8-10-21-24(13-19)39(18(3)40)16-29(21,4)5)20-9-11-23(36-28(20)38-25)26-22(30(31,32)33)7-6-12-34-26/h6-13,17H,14-16H2,1-5H3,(H,35,36,37,38). The number of nitrogens with one attached hydrogen (secondary N) is 1. The molecule has 4 heterocycles. The van der Waals surface area contributed by atoms with Crippen molar-refractivity contribution in [2.24, 2.45) is 5.92 Å². The normalized spacial score (nSPS) is 14.5. The van der Waals surface area contributed by atoms with Crippen LogP contribution in [0.3, 0.4) is 0 Å². The Balaban J connectivity index is 1.58. The van der Waals surface area contributed by atoms with Gasteiger partial charge in [0, 0.05) is 43.1 Å². The van der Waals surface area contributed by atoms with Crippen molar-refractivity contribution in [3.05, 3.63) is 65.6 Å². The van der Waals surface area contributed by atoms with Gasteiger partial charge >= 0.3 is 6.18 Å². The van der Waals surface area contributed by atoms with Crippen molar-refractivity contribution >= 4 is 34.1 Å². The van der Waals surface area contributed by atoms with Gasteiger partial charge in [-0.3, -0.25) is 9.78 Å². The number of nitrogens with zero attached hydrogens (tertiary/aromatic N) is 5. The Kier molecular flexibility index (Phi) is 7.41. The van der Waals surface area contributed by atoms with Crippen LogP contribution in [-0.2, 0) is 27.7 Å². The summed E-state index contributed by atoms with van der Waals surface area (Å²) >= 11 is 0. The van der Waals surface area contributed by atoms with E-state index >= 15 is 0 Å². The SMILES string of the molecule is CC(=O)N1CC(C)(C)c2ccc(Nc3nc(COCC(C)C)nc4nc(-c5ncccc5C(F)(F)F)ccc34)cc21. The summed E-state index contributed by atoms with van der Waals surface area (Å²) in [5.74, 6) is 0.994. The molecule has 5 rings (SSSR count). The van der Waals surface area contributed by atoms with Crippen LogP contribution in [-0.4, -0.2) is 39.0 Å². The number of halogens is 3. The van der Waals surface area contributed by atoms with Crippen LogP contribution in [0.5, 0.6) is 0 Å². The van der Waals surface area contributed by atoms with E-state index in [0.29, 0.717) is 41.8 Å². The highest BCUT2D eigenvalue weighted by Crippen LogP contribution is 2.42. The van der Waals surface area contributed by atoms with Crippen LogP contribution in [0.25, 0.3) is 22.4 Å². The Hall–Kier alpha value is -4.12. The zero-order valence-electron chi connectivity index (χ0n) is 23.5. The van der Waals surface area contributed by atoms with Crippen LogP contribution in [0.2, 0.25) is 0 Å². The summed E-state index contributed by atoms with van der Waals surface area (Å²) in [6, 6.07) is 11.1. The number of carbonyl (C=O) groups is 1. The quantitative estimate of drug-likeness (QED) is 0.268. The molecule has 0 bridgehead atoms. The van der Waals surface area contributed by atoms with Crippen molar-refractivity contribution < 1.29 is 22.7 Å². The summed E-state index contributed by atoms with van der Waals surface area (Å²) < 4.78 is 46.8. The molecule has 0 saturated carbocycles. The minimum atomic E-state index is -4.59. The second kappa shape index (κ2) is 10.7. The van der Waals surface area contributed by atoms with Crippen LogP contribution in [0, 0.1) is 5.92 Å². The summed E-state index contributed by atoms with van der Waals surface area (Å²) in [5, 5.41) is 3.83. The van der Waals surface area contributed by atoms with Crippen LogP contribution in [0.4, 0.5) is 30.4 Å². The third-order valence-corrected chi connectivity index (χ3v) is 6.86. The first kappa shape index (κ1) is 28.4. The van der Waals surface area contributed by atoms with Gasteiger partial charge in [0.25, 0.3) is 0 Å². The van der Waals surface area contributed by atoms with E-state index in [0.717, 1.165) is 17.3 Å². The van der Waals surface area contributed by atoms with E-state index in [1.807, 2.05) is 32.0 Å². The highest BCUT2D eigenvalue weighted by molar-refractivity contribution is 5.96. The molecule has 0 saturated heterocycles. The fourth-order valence-corrected chi connectivity index (χ4v) is 4.96. The maximum absolute atomic E-state index is 13.7. The molecule has 4 aromatic rings. The van der Waals surface area contributed by atoms with Crippen molar-refractivity contribution in [3.63, 3.8) is 0 Å². The average molecular weight is 565 g/mol. The summed E-state index contributed by atoms with van der Waals surface area (Å²) in [5.41, 5.74) is 1.47. The molecule has 41 heavy (non-hydrogen) atoms. The lowest BCUT2D eigenvalue weighted by Crippen LogP contribution is -2.31. The zero-order valence-corrected chi connectivity index (χ0v) is 23.5. The van der Waals surface area contributed by atoms with Gasteiger partial charge in [0.15, 0.2) is 11.5 Å². The maximum Gasteiger partial charge on any atom is 0.418 e. The number of rotatable bonds is 7. The lowest BCUT2D eigenvalue weighted by atomic mass is 9.87. The van der Waals surface area contributed by atoms with Gasteiger partial charge in [-0.15, -0.1) is 0 Å². The molecule has 0 unspecified atom stereocenters. The summed E-state index contributed by atoms with van der Waals surface area (Å²) in [4.78, 5) is 31.7. The van der Waals surface area contributed by atoms with E-state index in [4.69, 9.17) is 4.74 Å².